The smallest absolute Gasteiger partial charge is 0.203 e. The van der Waals surface area contributed by atoms with Gasteiger partial charge in [-0.25, -0.2) is 8.42 Å². The van der Waals surface area contributed by atoms with Crippen LogP contribution in [0.15, 0.2) is 58.3 Å². The predicted molar refractivity (Wildman–Crippen MR) is 174 cm³/mol. The molecule has 1 aliphatic heterocycles. The molecule has 0 aromatic heterocycles. The summed E-state index contributed by atoms with van der Waals surface area (Å²) in [6.07, 6.45) is 1.33. The number of hydrogen-bond acceptors (Lipinski definition) is 10. The molecule has 0 spiro atoms. The molecule has 9 nitrogen and oxygen atoms in total. The second kappa shape index (κ2) is 15.1. The molecular weight excluding hydrogens is 602 g/mol. The lowest BCUT2D eigenvalue weighted by Crippen LogP contribution is -2.12. The van der Waals surface area contributed by atoms with Crippen LogP contribution >= 0.6 is 11.8 Å². The fourth-order valence-corrected chi connectivity index (χ4v) is 7.49. The standard InChI is InChI=1S/C33H43NO8S2/c1-8-17-44(35,36)31-21-23(27-14-13-26(42-27)22-18-28(37-4)32(40-7)29(19-22)38-5)20-30(39-6)33(31)41-15-16-43-25-11-9-24(10-12-25)34(2)3/h9-12,18-21,26-27H,8,13-17H2,1-7H3/t26-,27?/m0/s1. The van der Waals surface area contributed by atoms with Crippen LogP contribution in [0.25, 0.3) is 0 Å². The van der Waals surface area contributed by atoms with Crippen LogP contribution in [-0.2, 0) is 14.6 Å². The molecule has 1 saturated heterocycles. The van der Waals surface area contributed by atoms with Gasteiger partial charge in [0.05, 0.1) is 53.0 Å². The molecule has 4 rings (SSSR count). The molecule has 2 atom stereocenters. The summed E-state index contributed by atoms with van der Waals surface area (Å²) in [5.74, 6) is 2.87. The van der Waals surface area contributed by atoms with Crippen molar-refractivity contribution in [3.05, 3.63) is 59.7 Å². The maximum Gasteiger partial charge on any atom is 0.203 e. The van der Waals surface area contributed by atoms with Gasteiger partial charge in [-0.15, -0.1) is 11.8 Å². The van der Waals surface area contributed by atoms with E-state index in [2.05, 4.69) is 29.2 Å². The number of nitrogens with zero attached hydrogens (tertiary/aromatic N) is 1. The highest BCUT2D eigenvalue weighted by Gasteiger charge is 2.32. The van der Waals surface area contributed by atoms with E-state index in [4.69, 9.17) is 28.4 Å². The zero-order valence-corrected chi connectivity index (χ0v) is 28.2. The Hall–Kier alpha value is -3.28. The minimum absolute atomic E-state index is 0.00251. The predicted octanol–water partition coefficient (Wildman–Crippen LogP) is 6.73. The average Bonchev–Trinajstić information content (AvgIpc) is 3.52. The van der Waals surface area contributed by atoms with Gasteiger partial charge in [0.25, 0.3) is 0 Å². The quantitative estimate of drug-likeness (QED) is 0.131. The third-order valence-corrected chi connectivity index (χ3v) is 10.4. The molecule has 0 N–H and O–H groups in total. The van der Waals surface area contributed by atoms with Crippen LogP contribution in [0.2, 0.25) is 0 Å². The molecule has 1 fully saturated rings. The van der Waals surface area contributed by atoms with E-state index in [1.807, 2.05) is 39.2 Å². The zero-order valence-electron chi connectivity index (χ0n) is 26.5. The van der Waals surface area contributed by atoms with Gasteiger partial charge in [0.15, 0.2) is 32.8 Å². The van der Waals surface area contributed by atoms with Crippen LogP contribution in [0.5, 0.6) is 28.7 Å². The minimum Gasteiger partial charge on any atom is -0.493 e. The molecular formula is C33H43NO8S2. The van der Waals surface area contributed by atoms with Gasteiger partial charge in [-0.2, -0.15) is 0 Å². The van der Waals surface area contributed by atoms with Gasteiger partial charge >= 0.3 is 0 Å². The van der Waals surface area contributed by atoms with Gasteiger partial charge in [-0.3, -0.25) is 0 Å². The minimum atomic E-state index is -3.64. The van der Waals surface area contributed by atoms with E-state index in [9.17, 15) is 8.42 Å². The number of ether oxygens (including phenoxy) is 6. The summed E-state index contributed by atoms with van der Waals surface area (Å²) in [4.78, 5) is 3.30. The van der Waals surface area contributed by atoms with E-state index in [1.165, 1.54) is 7.11 Å². The van der Waals surface area contributed by atoms with E-state index >= 15 is 0 Å². The summed E-state index contributed by atoms with van der Waals surface area (Å²) in [6, 6.07) is 15.6. The van der Waals surface area contributed by atoms with Crippen LogP contribution in [-0.4, -0.2) is 69.1 Å². The maximum absolute atomic E-state index is 13.5. The van der Waals surface area contributed by atoms with Crippen LogP contribution < -0.4 is 28.6 Å². The Kier molecular flexibility index (Phi) is 11.6. The van der Waals surface area contributed by atoms with E-state index in [1.54, 1.807) is 39.2 Å². The molecule has 1 unspecified atom stereocenters. The Morgan fingerprint density at radius 2 is 1.36 bits per heavy atom. The topological polar surface area (TPSA) is 92.8 Å². The first kappa shape index (κ1) is 33.6. The molecule has 1 aliphatic rings. The molecule has 0 saturated carbocycles. The van der Waals surface area contributed by atoms with Crippen LogP contribution in [0.4, 0.5) is 5.69 Å². The van der Waals surface area contributed by atoms with E-state index < -0.39 is 9.84 Å². The van der Waals surface area contributed by atoms with Crippen molar-refractivity contribution in [2.24, 2.45) is 0 Å². The number of rotatable bonds is 15. The highest BCUT2D eigenvalue weighted by atomic mass is 32.2. The van der Waals surface area contributed by atoms with Gasteiger partial charge in [0.2, 0.25) is 5.75 Å². The van der Waals surface area contributed by atoms with Crippen molar-refractivity contribution < 1.29 is 36.8 Å². The van der Waals surface area contributed by atoms with Gasteiger partial charge in [0.1, 0.15) is 4.90 Å². The molecule has 0 aliphatic carbocycles. The van der Waals surface area contributed by atoms with Crippen LogP contribution in [0, 0.1) is 0 Å². The van der Waals surface area contributed by atoms with Crippen molar-refractivity contribution in [1.29, 1.82) is 0 Å². The lowest BCUT2D eigenvalue weighted by atomic mass is 10.0. The number of methoxy groups -OCH3 is 4. The first-order valence-corrected chi connectivity index (χ1v) is 17.2. The molecule has 0 amide bonds. The van der Waals surface area contributed by atoms with Crippen molar-refractivity contribution in [3.63, 3.8) is 0 Å². The Balaban J connectivity index is 1.56. The summed E-state index contributed by atoms with van der Waals surface area (Å²) >= 11 is 1.65. The third kappa shape index (κ3) is 7.68. The zero-order chi connectivity index (χ0) is 31.9. The van der Waals surface area contributed by atoms with Crippen molar-refractivity contribution in [1.82, 2.24) is 0 Å². The molecule has 1 heterocycles. The van der Waals surface area contributed by atoms with Crippen molar-refractivity contribution in [2.75, 3.05) is 65.5 Å². The Morgan fingerprint density at radius 3 is 1.86 bits per heavy atom. The van der Waals surface area contributed by atoms with Crippen molar-refractivity contribution >= 4 is 27.3 Å². The molecule has 44 heavy (non-hydrogen) atoms. The SMILES string of the molecule is CCCS(=O)(=O)c1cc(C2CC[C@@H](c3cc(OC)c(OC)c(OC)c3)O2)cc(OC)c1OCCSc1ccc(N(C)C)cc1. The molecule has 11 heteroatoms. The second-order valence-electron chi connectivity index (χ2n) is 10.6. The molecule has 3 aromatic carbocycles. The van der Waals surface area contributed by atoms with Gasteiger partial charge in [-0.1, -0.05) is 6.92 Å². The van der Waals surface area contributed by atoms with Gasteiger partial charge in [-0.05, 0) is 78.9 Å². The van der Waals surface area contributed by atoms with Crippen molar-refractivity contribution in [2.45, 2.75) is 48.2 Å². The molecule has 240 valence electrons. The lowest BCUT2D eigenvalue weighted by Gasteiger charge is -2.21. The fourth-order valence-electron chi connectivity index (χ4n) is 5.25. The van der Waals surface area contributed by atoms with Gasteiger partial charge < -0.3 is 33.3 Å². The number of sulfone groups is 1. The normalized spacial score (nSPS) is 16.4. The third-order valence-electron chi connectivity index (χ3n) is 7.47. The Bertz CT molecular complexity index is 1480. The monoisotopic (exact) mass is 645 g/mol. The highest BCUT2D eigenvalue weighted by molar-refractivity contribution is 7.99. The molecule has 0 radical (unpaired) electrons. The largest absolute Gasteiger partial charge is 0.493 e. The van der Waals surface area contributed by atoms with Crippen LogP contribution in [0.1, 0.15) is 49.5 Å². The first-order valence-electron chi connectivity index (χ1n) is 14.6. The highest BCUT2D eigenvalue weighted by Crippen LogP contribution is 2.48. The van der Waals surface area contributed by atoms with Crippen molar-refractivity contribution in [3.8, 4) is 28.7 Å². The van der Waals surface area contributed by atoms with E-state index in [0.29, 0.717) is 48.2 Å². The van der Waals surface area contributed by atoms with E-state index in [0.717, 1.165) is 28.1 Å². The molecule has 3 aromatic rings. The number of thioether (sulfide) groups is 1. The fraction of sp³-hybridized carbons (Fsp3) is 0.455. The Morgan fingerprint density at radius 1 is 0.818 bits per heavy atom. The van der Waals surface area contributed by atoms with E-state index in [-0.39, 0.29) is 28.6 Å². The summed E-state index contributed by atoms with van der Waals surface area (Å²) < 4.78 is 61.8. The number of benzene rings is 3. The maximum atomic E-state index is 13.5. The second-order valence-corrected chi connectivity index (χ2v) is 13.8. The summed E-state index contributed by atoms with van der Waals surface area (Å²) in [5.41, 5.74) is 2.75. The lowest BCUT2D eigenvalue weighted by molar-refractivity contribution is 0.0435. The average molecular weight is 646 g/mol. The molecule has 0 bridgehead atoms. The van der Waals surface area contributed by atoms with Gasteiger partial charge in [0, 0.05) is 30.4 Å². The first-order chi connectivity index (χ1) is 21.1. The van der Waals surface area contributed by atoms with Crippen LogP contribution in [0.3, 0.4) is 0 Å². The summed E-state index contributed by atoms with van der Waals surface area (Å²) in [6.45, 7) is 2.16. The number of anilines is 1. The summed E-state index contributed by atoms with van der Waals surface area (Å²) in [5, 5.41) is 0. The Labute approximate surface area is 265 Å². The number of hydrogen-bond donors (Lipinski definition) is 0. The summed E-state index contributed by atoms with van der Waals surface area (Å²) in [7, 11) is 6.62.